The molecule has 0 aliphatic carbocycles. The topological polar surface area (TPSA) is 32.3 Å². The molecule has 86 valence electrons. The van der Waals surface area contributed by atoms with E-state index in [1.165, 1.54) is 5.56 Å². The number of likely N-dealkylation sites (tertiary alicyclic amines) is 1. The van der Waals surface area contributed by atoms with Crippen LogP contribution < -0.4 is 5.32 Å². The zero-order valence-electron chi connectivity index (χ0n) is 9.65. The van der Waals surface area contributed by atoms with Crippen molar-refractivity contribution in [2.75, 3.05) is 6.54 Å². The molecule has 1 aromatic carbocycles. The summed E-state index contributed by atoms with van der Waals surface area (Å²) < 4.78 is 0. The Labute approximate surface area is 96.5 Å². The van der Waals surface area contributed by atoms with Crippen molar-refractivity contribution in [1.82, 2.24) is 10.2 Å². The molecule has 3 nitrogen and oxygen atoms in total. The average molecular weight is 218 g/mol. The molecule has 0 aromatic heterocycles. The van der Waals surface area contributed by atoms with Gasteiger partial charge in [-0.15, -0.1) is 0 Å². The Bertz CT molecular complexity index is 350. The van der Waals surface area contributed by atoms with Gasteiger partial charge in [-0.2, -0.15) is 0 Å². The maximum Gasteiger partial charge on any atom is 0.223 e. The molecule has 1 N–H and O–H groups in total. The van der Waals surface area contributed by atoms with E-state index in [9.17, 15) is 4.79 Å². The second-order valence-electron chi connectivity index (χ2n) is 4.23. The summed E-state index contributed by atoms with van der Waals surface area (Å²) in [4.78, 5) is 13.4. The molecule has 3 heteroatoms. The van der Waals surface area contributed by atoms with E-state index >= 15 is 0 Å². The van der Waals surface area contributed by atoms with Crippen molar-refractivity contribution in [2.45, 2.75) is 32.5 Å². The first-order chi connectivity index (χ1) is 7.77. The number of hydrogen-bond donors (Lipinski definition) is 1. The Morgan fingerprint density at radius 1 is 1.38 bits per heavy atom. The van der Waals surface area contributed by atoms with Gasteiger partial charge in [-0.25, -0.2) is 0 Å². The van der Waals surface area contributed by atoms with Crippen molar-refractivity contribution < 1.29 is 4.79 Å². The number of benzene rings is 1. The van der Waals surface area contributed by atoms with Gasteiger partial charge in [0.1, 0.15) is 0 Å². The minimum Gasteiger partial charge on any atom is -0.327 e. The third-order valence-electron chi connectivity index (χ3n) is 3.02. The molecule has 1 aliphatic heterocycles. The molecule has 0 bridgehead atoms. The van der Waals surface area contributed by atoms with Crippen LogP contribution in [0, 0.1) is 0 Å². The lowest BCUT2D eigenvalue weighted by atomic mass is 10.2. The monoisotopic (exact) mass is 218 g/mol. The van der Waals surface area contributed by atoms with E-state index in [0.717, 1.165) is 19.5 Å². The van der Waals surface area contributed by atoms with Crippen LogP contribution in [0.1, 0.15) is 25.3 Å². The Balaban J connectivity index is 1.84. The predicted octanol–water partition coefficient (Wildman–Crippen LogP) is 1.74. The summed E-state index contributed by atoms with van der Waals surface area (Å²) in [7, 11) is 0. The van der Waals surface area contributed by atoms with Gasteiger partial charge in [0.25, 0.3) is 0 Å². The SMILES string of the molecule is CC(NCc1ccccc1)N1CCCC1=O. The molecule has 1 unspecified atom stereocenters. The summed E-state index contributed by atoms with van der Waals surface area (Å²) in [6.07, 6.45) is 1.84. The Hall–Kier alpha value is -1.35. The Morgan fingerprint density at radius 2 is 2.12 bits per heavy atom. The molecule has 1 aromatic rings. The van der Waals surface area contributed by atoms with Crippen molar-refractivity contribution >= 4 is 5.91 Å². The molecule has 0 saturated carbocycles. The van der Waals surface area contributed by atoms with E-state index in [1.807, 2.05) is 30.0 Å². The number of nitrogens with zero attached hydrogens (tertiary/aromatic N) is 1. The lowest BCUT2D eigenvalue weighted by Crippen LogP contribution is -2.43. The highest BCUT2D eigenvalue weighted by molar-refractivity contribution is 5.78. The Kier molecular flexibility index (Phi) is 3.57. The first-order valence-electron chi connectivity index (χ1n) is 5.84. The van der Waals surface area contributed by atoms with Gasteiger partial charge >= 0.3 is 0 Å². The highest BCUT2D eigenvalue weighted by atomic mass is 16.2. The average Bonchev–Trinajstić information content (AvgIpc) is 2.74. The van der Waals surface area contributed by atoms with E-state index < -0.39 is 0 Å². The van der Waals surface area contributed by atoms with Crippen molar-refractivity contribution in [2.24, 2.45) is 0 Å². The van der Waals surface area contributed by atoms with E-state index in [1.54, 1.807) is 0 Å². The van der Waals surface area contributed by atoms with Crippen molar-refractivity contribution in [3.05, 3.63) is 35.9 Å². The predicted molar refractivity (Wildman–Crippen MR) is 63.7 cm³/mol. The number of rotatable bonds is 4. The van der Waals surface area contributed by atoms with Crippen molar-refractivity contribution in [3.63, 3.8) is 0 Å². The summed E-state index contributed by atoms with van der Waals surface area (Å²) in [6, 6.07) is 10.2. The summed E-state index contributed by atoms with van der Waals surface area (Å²) in [5, 5.41) is 3.38. The van der Waals surface area contributed by atoms with E-state index in [2.05, 4.69) is 17.4 Å². The van der Waals surface area contributed by atoms with Crippen LogP contribution in [0.4, 0.5) is 0 Å². The maximum atomic E-state index is 11.5. The smallest absolute Gasteiger partial charge is 0.223 e. The Morgan fingerprint density at radius 3 is 2.75 bits per heavy atom. The van der Waals surface area contributed by atoms with Crippen LogP contribution in [0.2, 0.25) is 0 Å². The summed E-state index contributed by atoms with van der Waals surface area (Å²) in [5.41, 5.74) is 1.25. The van der Waals surface area contributed by atoms with Gasteiger partial charge in [-0.3, -0.25) is 10.1 Å². The van der Waals surface area contributed by atoms with Crippen LogP contribution in [0.15, 0.2) is 30.3 Å². The maximum absolute atomic E-state index is 11.5. The van der Waals surface area contributed by atoms with Gasteiger partial charge in [0, 0.05) is 19.5 Å². The lowest BCUT2D eigenvalue weighted by Gasteiger charge is -2.25. The summed E-state index contributed by atoms with van der Waals surface area (Å²) >= 11 is 0. The summed E-state index contributed by atoms with van der Waals surface area (Å²) in [6.45, 7) is 3.75. The van der Waals surface area contributed by atoms with Gasteiger partial charge in [-0.1, -0.05) is 30.3 Å². The van der Waals surface area contributed by atoms with Crippen LogP contribution in [0.25, 0.3) is 0 Å². The first-order valence-corrected chi connectivity index (χ1v) is 5.84. The van der Waals surface area contributed by atoms with Crippen molar-refractivity contribution in [3.8, 4) is 0 Å². The van der Waals surface area contributed by atoms with Crippen LogP contribution in [-0.2, 0) is 11.3 Å². The van der Waals surface area contributed by atoms with E-state index in [-0.39, 0.29) is 12.1 Å². The standard InChI is InChI=1S/C13H18N2O/c1-11(15-9-5-8-13(15)16)14-10-12-6-3-2-4-7-12/h2-4,6-7,11,14H,5,8-10H2,1H3. The number of hydrogen-bond acceptors (Lipinski definition) is 2. The number of nitrogens with one attached hydrogen (secondary N) is 1. The third-order valence-corrected chi connectivity index (χ3v) is 3.02. The van der Waals surface area contributed by atoms with Gasteiger partial charge in [-0.05, 0) is 18.9 Å². The largest absolute Gasteiger partial charge is 0.327 e. The molecule has 2 rings (SSSR count). The van der Waals surface area contributed by atoms with Gasteiger partial charge < -0.3 is 4.90 Å². The van der Waals surface area contributed by atoms with Crippen LogP contribution in [0.3, 0.4) is 0 Å². The second-order valence-corrected chi connectivity index (χ2v) is 4.23. The fourth-order valence-corrected chi connectivity index (χ4v) is 2.05. The van der Waals surface area contributed by atoms with Crippen LogP contribution in [-0.4, -0.2) is 23.5 Å². The fraction of sp³-hybridized carbons (Fsp3) is 0.462. The molecule has 0 radical (unpaired) electrons. The zero-order valence-corrected chi connectivity index (χ0v) is 9.65. The summed E-state index contributed by atoms with van der Waals surface area (Å²) in [5.74, 6) is 0.271. The number of carbonyl (C=O) groups is 1. The fourth-order valence-electron chi connectivity index (χ4n) is 2.05. The molecule has 1 fully saturated rings. The number of carbonyl (C=O) groups excluding carboxylic acids is 1. The van der Waals surface area contributed by atoms with Gasteiger partial charge in [0.05, 0.1) is 6.17 Å². The molecule has 1 saturated heterocycles. The lowest BCUT2D eigenvalue weighted by molar-refractivity contribution is -0.129. The minimum atomic E-state index is 0.134. The van der Waals surface area contributed by atoms with Gasteiger partial charge in [0.15, 0.2) is 0 Å². The second kappa shape index (κ2) is 5.12. The minimum absolute atomic E-state index is 0.134. The molecule has 16 heavy (non-hydrogen) atoms. The van der Waals surface area contributed by atoms with E-state index in [4.69, 9.17) is 0 Å². The molecular formula is C13H18N2O. The van der Waals surface area contributed by atoms with Crippen LogP contribution in [0.5, 0.6) is 0 Å². The molecule has 1 heterocycles. The highest BCUT2D eigenvalue weighted by Gasteiger charge is 2.24. The third kappa shape index (κ3) is 2.61. The van der Waals surface area contributed by atoms with Gasteiger partial charge in [0.2, 0.25) is 5.91 Å². The zero-order chi connectivity index (χ0) is 11.4. The molecular weight excluding hydrogens is 200 g/mol. The normalized spacial score (nSPS) is 17.8. The molecule has 0 spiro atoms. The highest BCUT2D eigenvalue weighted by Crippen LogP contribution is 2.12. The molecule has 1 atom stereocenters. The molecule has 1 aliphatic rings. The first kappa shape index (κ1) is 11.1. The quantitative estimate of drug-likeness (QED) is 0.835. The van der Waals surface area contributed by atoms with Crippen molar-refractivity contribution in [1.29, 1.82) is 0 Å². The van der Waals surface area contributed by atoms with E-state index in [0.29, 0.717) is 6.42 Å². The number of amides is 1. The molecule has 1 amide bonds. The van der Waals surface area contributed by atoms with Crippen LogP contribution >= 0.6 is 0 Å².